The van der Waals surface area contributed by atoms with Gasteiger partial charge >= 0.3 is 0 Å². The van der Waals surface area contributed by atoms with Crippen LogP contribution in [0.15, 0.2) is 24.4 Å². The zero-order chi connectivity index (χ0) is 8.84. The third kappa shape index (κ3) is 0.811. The van der Waals surface area contributed by atoms with Gasteiger partial charge in [0.2, 0.25) is 5.91 Å². The van der Waals surface area contributed by atoms with Gasteiger partial charge in [-0.3, -0.25) is 4.79 Å². The Hall–Kier alpha value is -1.77. The van der Waals surface area contributed by atoms with Crippen LogP contribution in [0.2, 0.25) is 0 Å². The van der Waals surface area contributed by atoms with Crippen LogP contribution >= 0.6 is 0 Å². The number of rotatable bonds is 0. The molecular weight excluding hydrogens is 164 g/mol. The molecule has 0 radical (unpaired) electrons. The molecule has 2 N–H and O–H groups in total. The van der Waals surface area contributed by atoms with E-state index in [0.29, 0.717) is 6.42 Å². The maximum absolute atomic E-state index is 11.2. The van der Waals surface area contributed by atoms with E-state index in [1.165, 1.54) is 0 Å². The molecule has 0 saturated carbocycles. The van der Waals surface area contributed by atoms with Crippen LogP contribution in [0.25, 0.3) is 10.9 Å². The smallest absolute Gasteiger partial charge is 0.228 e. The minimum Gasteiger partial charge on any atom is -0.361 e. The fourth-order valence-corrected chi connectivity index (χ4v) is 1.87. The van der Waals surface area contributed by atoms with Crippen molar-refractivity contribution in [3.63, 3.8) is 0 Å². The molecule has 3 rings (SSSR count). The number of aromatic nitrogens is 1. The molecule has 2 aromatic rings. The summed E-state index contributed by atoms with van der Waals surface area (Å²) in [6.07, 6.45) is 2.39. The molecule has 0 saturated heterocycles. The topological polar surface area (TPSA) is 44.9 Å². The van der Waals surface area contributed by atoms with Crippen LogP contribution in [-0.2, 0) is 11.2 Å². The third-order valence-corrected chi connectivity index (χ3v) is 2.41. The molecule has 0 unspecified atom stereocenters. The number of carbonyl (C=O) groups is 1. The molecule has 0 atom stereocenters. The summed E-state index contributed by atoms with van der Waals surface area (Å²) >= 11 is 0. The van der Waals surface area contributed by atoms with E-state index in [1.54, 1.807) is 0 Å². The number of anilines is 1. The van der Waals surface area contributed by atoms with Crippen molar-refractivity contribution in [2.45, 2.75) is 6.42 Å². The van der Waals surface area contributed by atoms with Crippen molar-refractivity contribution >= 4 is 22.5 Å². The molecule has 2 heterocycles. The summed E-state index contributed by atoms with van der Waals surface area (Å²) in [4.78, 5) is 14.4. The van der Waals surface area contributed by atoms with Gasteiger partial charge in [0.05, 0.1) is 12.1 Å². The van der Waals surface area contributed by atoms with Crippen LogP contribution in [0, 0.1) is 0 Å². The summed E-state index contributed by atoms with van der Waals surface area (Å²) in [5.41, 5.74) is 3.10. The molecule has 1 aromatic carbocycles. The van der Waals surface area contributed by atoms with Crippen molar-refractivity contribution in [3.8, 4) is 0 Å². The molecule has 64 valence electrons. The molecule has 0 aliphatic carbocycles. The molecule has 0 fully saturated rings. The van der Waals surface area contributed by atoms with Crippen LogP contribution in [0.4, 0.5) is 5.69 Å². The van der Waals surface area contributed by atoms with E-state index < -0.39 is 0 Å². The minimum absolute atomic E-state index is 0.0691. The standard InChI is InChI=1S/C10H8N2O/c13-9-4-6-5-11-7-2-1-3-8(12-9)10(6)7/h1-3,5,11H,4H2,(H,12,13). The van der Waals surface area contributed by atoms with Crippen molar-refractivity contribution < 1.29 is 4.79 Å². The fourth-order valence-electron chi connectivity index (χ4n) is 1.87. The van der Waals surface area contributed by atoms with Crippen LogP contribution in [0.5, 0.6) is 0 Å². The van der Waals surface area contributed by atoms with Gasteiger partial charge in [-0.2, -0.15) is 0 Å². The second-order valence-corrected chi connectivity index (χ2v) is 3.27. The van der Waals surface area contributed by atoms with E-state index in [1.807, 2.05) is 24.4 Å². The Kier molecular flexibility index (Phi) is 1.10. The van der Waals surface area contributed by atoms with Crippen molar-refractivity contribution in [1.82, 2.24) is 4.98 Å². The SMILES string of the molecule is O=C1Cc2c[nH]c3cccc(c23)N1. The highest BCUT2D eigenvalue weighted by molar-refractivity contribution is 6.08. The second kappa shape index (κ2) is 2.13. The van der Waals surface area contributed by atoms with E-state index in [0.717, 1.165) is 22.2 Å². The van der Waals surface area contributed by atoms with Crippen molar-refractivity contribution in [2.24, 2.45) is 0 Å². The molecule has 0 bridgehead atoms. The molecular formula is C10H8N2O. The number of nitrogens with one attached hydrogen (secondary N) is 2. The lowest BCUT2D eigenvalue weighted by Crippen LogP contribution is -2.18. The largest absolute Gasteiger partial charge is 0.361 e. The summed E-state index contributed by atoms with van der Waals surface area (Å²) < 4.78 is 0. The van der Waals surface area contributed by atoms with Gasteiger partial charge < -0.3 is 10.3 Å². The Morgan fingerprint density at radius 3 is 3.15 bits per heavy atom. The minimum atomic E-state index is 0.0691. The van der Waals surface area contributed by atoms with Crippen molar-refractivity contribution in [3.05, 3.63) is 30.0 Å². The number of hydrogen-bond donors (Lipinski definition) is 2. The zero-order valence-electron chi connectivity index (χ0n) is 6.92. The van der Waals surface area contributed by atoms with Gasteiger partial charge in [-0.15, -0.1) is 0 Å². The average molecular weight is 172 g/mol. The monoisotopic (exact) mass is 172 g/mol. The quantitative estimate of drug-likeness (QED) is 0.623. The van der Waals surface area contributed by atoms with Gasteiger partial charge in [0.1, 0.15) is 0 Å². The molecule has 3 nitrogen and oxygen atoms in total. The molecule has 3 heteroatoms. The molecule has 0 spiro atoms. The first-order chi connectivity index (χ1) is 6.34. The molecule has 1 aliphatic heterocycles. The summed E-state index contributed by atoms with van der Waals surface area (Å²) in [5, 5.41) is 4.01. The maximum atomic E-state index is 11.2. The predicted molar refractivity (Wildman–Crippen MR) is 50.6 cm³/mol. The Bertz CT molecular complexity index is 499. The first kappa shape index (κ1) is 6.71. The first-order valence-electron chi connectivity index (χ1n) is 4.23. The van der Waals surface area contributed by atoms with E-state index in [2.05, 4.69) is 10.3 Å². The number of hydrogen-bond acceptors (Lipinski definition) is 1. The van der Waals surface area contributed by atoms with Gasteiger partial charge in [-0.05, 0) is 17.7 Å². The van der Waals surface area contributed by atoms with E-state index >= 15 is 0 Å². The van der Waals surface area contributed by atoms with Crippen molar-refractivity contribution in [2.75, 3.05) is 5.32 Å². The predicted octanol–water partition coefficient (Wildman–Crippen LogP) is 1.66. The van der Waals surface area contributed by atoms with Gasteiger partial charge in [-0.25, -0.2) is 0 Å². The van der Waals surface area contributed by atoms with Crippen LogP contribution in [0.1, 0.15) is 5.56 Å². The average Bonchev–Trinajstić information content (AvgIpc) is 2.50. The molecule has 1 aromatic heterocycles. The maximum Gasteiger partial charge on any atom is 0.228 e. The first-order valence-corrected chi connectivity index (χ1v) is 4.23. The highest BCUT2D eigenvalue weighted by Crippen LogP contribution is 2.30. The number of amides is 1. The van der Waals surface area contributed by atoms with E-state index in [4.69, 9.17) is 0 Å². The lowest BCUT2D eigenvalue weighted by atomic mass is 10.0. The summed E-state index contributed by atoms with van der Waals surface area (Å²) in [5.74, 6) is 0.0691. The fraction of sp³-hybridized carbons (Fsp3) is 0.100. The molecule has 13 heavy (non-hydrogen) atoms. The van der Waals surface area contributed by atoms with Gasteiger partial charge in [0.15, 0.2) is 0 Å². The van der Waals surface area contributed by atoms with Gasteiger partial charge in [0, 0.05) is 17.1 Å². The van der Waals surface area contributed by atoms with E-state index in [-0.39, 0.29) is 5.91 Å². The number of aromatic amines is 1. The Labute approximate surface area is 74.8 Å². The summed E-state index contributed by atoms with van der Waals surface area (Å²) in [7, 11) is 0. The summed E-state index contributed by atoms with van der Waals surface area (Å²) in [6.45, 7) is 0. The zero-order valence-corrected chi connectivity index (χ0v) is 6.92. The second-order valence-electron chi connectivity index (χ2n) is 3.27. The Morgan fingerprint density at radius 2 is 2.23 bits per heavy atom. The lowest BCUT2D eigenvalue weighted by Gasteiger charge is -2.12. The van der Waals surface area contributed by atoms with Crippen molar-refractivity contribution in [1.29, 1.82) is 0 Å². The van der Waals surface area contributed by atoms with Crippen LogP contribution in [0.3, 0.4) is 0 Å². The molecule has 1 aliphatic rings. The Balaban J connectivity index is 2.44. The number of benzene rings is 1. The van der Waals surface area contributed by atoms with Crippen LogP contribution in [-0.4, -0.2) is 10.9 Å². The van der Waals surface area contributed by atoms with Gasteiger partial charge in [0.25, 0.3) is 0 Å². The van der Waals surface area contributed by atoms with Gasteiger partial charge in [-0.1, -0.05) is 6.07 Å². The highest BCUT2D eigenvalue weighted by atomic mass is 16.1. The highest BCUT2D eigenvalue weighted by Gasteiger charge is 2.17. The number of carbonyl (C=O) groups excluding carboxylic acids is 1. The summed E-state index contributed by atoms with van der Waals surface area (Å²) in [6, 6.07) is 5.88. The third-order valence-electron chi connectivity index (χ3n) is 2.41. The number of H-pyrrole nitrogens is 1. The molecule has 1 amide bonds. The lowest BCUT2D eigenvalue weighted by molar-refractivity contribution is -0.115. The Morgan fingerprint density at radius 1 is 1.31 bits per heavy atom. The normalized spacial score (nSPS) is 14.6. The van der Waals surface area contributed by atoms with E-state index in [9.17, 15) is 4.79 Å². The van der Waals surface area contributed by atoms with Crippen LogP contribution < -0.4 is 5.32 Å².